The van der Waals surface area contributed by atoms with Gasteiger partial charge in [0, 0.05) is 11.8 Å². The van der Waals surface area contributed by atoms with Crippen LogP contribution in [0.5, 0.6) is 11.5 Å². The van der Waals surface area contributed by atoms with E-state index in [1.165, 1.54) is 33.7 Å². The van der Waals surface area contributed by atoms with Gasteiger partial charge in [0.2, 0.25) is 4.96 Å². The fourth-order valence-electron chi connectivity index (χ4n) is 2.09. The lowest BCUT2D eigenvalue weighted by Crippen LogP contribution is -2.15. The third-order valence-electron chi connectivity index (χ3n) is 3.24. The van der Waals surface area contributed by atoms with Crippen molar-refractivity contribution in [1.29, 1.82) is 0 Å². The molecule has 1 N–H and O–H groups in total. The van der Waals surface area contributed by atoms with Crippen molar-refractivity contribution in [2.24, 2.45) is 0 Å². The van der Waals surface area contributed by atoms with Crippen LogP contribution in [0.2, 0.25) is 0 Å². The molecule has 3 aromatic rings. The summed E-state index contributed by atoms with van der Waals surface area (Å²) < 4.78 is 12.0. The third kappa shape index (κ3) is 4.52. The van der Waals surface area contributed by atoms with Gasteiger partial charge >= 0.3 is 5.97 Å². The fraction of sp³-hybridized carbons (Fsp3) is 0.250. The number of benzene rings is 1. The van der Waals surface area contributed by atoms with Crippen molar-refractivity contribution in [2.45, 2.75) is 12.4 Å². The number of carbonyl (C=O) groups is 1. The highest BCUT2D eigenvalue weighted by Gasteiger charge is 2.10. The predicted molar refractivity (Wildman–Crippen MR) is 98.3 cm³/mol. The van der Waals surface area contributed by atoms with Gasteiger partial charge in [0.1, 0.15) is 18.1 Å². The molecular formula is C16H15N3O5S2. The maximum Gasteiger partial charge on any atom is 0.313 e. The van der Waals surface area contributed by atoms with E-state index >= 15 is 0 Å². The molecule has 0 aliphatic heterocycles. The number of rotatable bonds is 8. The quantitative estimate of drug-likeness (QED) is 0.620. The number of aromatic nitrogens is 3. The molecule has 8 nitrogen and oxygen atoms in total. The largest absolute Gasteiger partial charge is 0.497 e. The van der Waals surface area contributed by atoms with Gasteiger partial charge in [-0.15, -0.1) is 11.8 Å². The highest BCUT2D eigenvalue weighted by atomic mass is 32.2. The van der Waals surface area contributed by atoms with Gasteiger partial charge in [-0.2, -0.15) is 9.61 Å². The number of hydrogen-bond donors (Lipinski definition) is 1. The molecule has 2 heterocycles. The Morgan fingerprint density at radius 1 is 1.31 bits per heavy atom. The van der Waals surface area contributed by atoms with E-state index in [0.29, 0.717) is 27.2 Å². The molecule has 0 bridgehead atoms. The summed E-state index contributed by atoms with van der Waals surface area (Å²) in [5.41, 5.74) is 0.236. The van der Waals surface area contributed by atoms with Crippen LogP contribution in [0.4, 0.5) is 0 Å². The van der Waals surface area contributed by atoms with Gasteiger partial charge in [0.05, 0.1) is 18.6 Å². The molecule has 0 saturated carbocycles. The van der Waals surface area contributed by atoms with Crippen LogP contribution in [0, 0.1) is 0 Å². The van der Waals surface area contributed by atoms with Crippen molar-refractivity contribution in [1.82, 2.24) is 14.6 Å². The second-order valence-corrected chi connectivity index (χ2v) is 7.15. The normalized spacial score (nSPS) is 10.8. The topological polar surface area (TPSA) is 103 Å². The Labute approximate surface area is 156 Å². The van der Waals surface area contributed by atoms with Gasteiger partial charge < -0.3 is 14.6 Å². The fourth-order valence-corrected chi connectivity index (χ4v) is 3.55. The van der Waals surface area contributed by atoms with Gasteiger partial charge in [-0.1, -0.05) is 11.3 Å². The monoisotopic (exact) mass is 393 g/mol. The first-order valence-electron chi connectivity index (χ1n) is 7.50. The van der Waals surface area contributed by atoms with Crippen LogP contribution in [0.15, 0.2) is 35.1 Å². The molecule has 0 radical (unpaired) electrons. The highest BCUT2D eigenvalue weighted by molar-refractivity contribution is 7.99. The first kappa shape index (κ1) is 18.2. The molecule has 0 saturated heterocycles. The second kappa shape index (κ2) is 8.19. The van der Waals surface area contributed by atoms with E-state index < -0.39 is 5.97 Å². The summed E-state index contributed by atoms with van der Waals surface area (Å²) in [4.78, 5) is 27.5. The lowest BCUT2D eigenvalue weighted by atomic mass is 10.3. The van der Waals surface area contributed by atoms with E-state index in [4.69, 9.17) is 14.6 Å². The van der Waals surface area contributed by atoms with Gasteiger partial charge in [0.15, 0.2) is 5.01 Å². The highest BCUT2D eigenvalue weighted by Crippen LogP contribution is 2.20. The second-order valence-electron chi connectivity index (χ2n) is 5.13. The Hall–Kier alpha value is -2.59. The molecule has 0 amide bonds. The van der Waals surface area contributed by atoms with E-state index in [1.807, 2.05) is 0 Å². The summed E-state index contributed by atoms with van der Waals surface area (Å²) in [5, 5.41) is 13.5. The number of ether oxygens (including phenoxy) is 2. The molecule has 0 unspecified atom stereocenters. The van der Waals surface area contributed by atoms with E-state index in [-0.39, 0.29) is 17.9 Å². The SMILES string of the molecule is COc1ccc(OCc2nn3c(=O)cc(CSCC(=O)O)nc3s2)cc1. The molecular weight excluding hydrogens is 378 g/mol. The van der Waals surface area contributed by atoms with Crippen LogP contribution in [-0.2, 0) is 17.2 Å². The van der Waals surface area contributed by atoms with Crippen LogP contribution in [0.3, 0.4) is 0 Å². The van der Waals surface area contributed by atoms with E-state index in [1.54, 1.807) is 31.4 Å². The molecule has 26 heavy (non-hydrogen) atoms. The first-order valence-corrected chi connectivity index (χ1v) is 9.47. The summed E-state index contributed by atoms with van der Waals surface area (Å²) in [5.74, 6) is 0.819. The third-order valence-corrected chi connectivity index (χ3v) is 5.07. The average Bonchev–Trinajstić information content (AvgIpc) is 3.04. The summed E-state index contributed by atoms with van der Waals surface area (Å²) in [7, 11) is 1.59. The zero-order chi connectivity index (χ0) is 18.5. The van der Waals surface area contributed by atoms with Crippen molar-refractivity contribution >= 4 is 34.0 Å². The molecule has 1 aromatic carbocycles. The number of carboxylic acid groups (broad SMARTS) is 1. The van der Waals surface area contributed by atoms with Crippen LogP contribution in [0.1, 0.15) is 10.7 Å². The van der Waals surface area contributed by atoms with Gasteiger partial charge in [-0.25, -0.2) is 4.98 Å². The van der Waals surface area contributed by atoms with E-state index in [9.17, 15) is 9.59 Å². The van der Waals surface area contributed by atoms with Crippen LogP contribution >= 0.6 is 23.1 Å². The first-order chi connectivity index (χ1) is 12.5. The van der Waals surface area contributed by atoms with Gasteiger partial charge in [0.25, 0.3) is 5.56 Å². The Morgan fingerprint density at radius 2 is 2.04 bits per heavy atom. The summed E-state index contributed by atoms with van der Waals surface area (Å²) in [6.07, 6.45) is 0. The molecule has 0 spiro atoms. The number of hydrogen-bond acceptors (Lipinski definition) is 8. The molecule has 3 rings (SSSR count). The Kier molecular flexibility index (Phi) is 5.74. The number of carboxylic acids is 1. The summed E-state index contributed by atoms with van der Waals surface area (Å²) in [6, 6.07) is 8.53. The average molecular weight is 393 g/mol. The van der Waals surface area contributed by atoms with Crippen LogP contribution in [-0.4, -0.2) is 38.5 Å². The lowest BCUT2D eigenvalue weighted by molar-refractivity contribution is -0.133. The van der Waals surface area contributed by atoms with E-state index in [2.05, 4.69) is 10.1 Å². The van der Waals surface area contributed by atoms with Crippen molar-refractivity contribution in [3.8, 4) is 11.5 Å². The standard InChI is InChI=1S/C16H15N3O5S2/c1-23-11-2-4-12(5-3-11)24-7-13-18-19-14(20)6-10(17-16(19)26-13)8-25-9-15(21)22/h2-6H,7-9H2,1H3,(H,21,22). The molecule has 10 heteroatoms. The molecule has 0 aliphatic carbocycles. The lowest BCUT2D eigenvalue weighted by Gasteiger charge is -2.04. The maximum absolute atomic E-state index is 12.1. The predicted octanol–water partition coefficient (Wildman–Crippen LogP) is 2.06. The number of aliphatic carboxylic acids is 1. The minimum absolute atomic E-state index is 0.0370. The maximum atomic E-state index is 12.1. The molecule has 0 fully saturated rings. The Balaban J connectivity index is 1.70. The van der Waals surface area contributed by atoms with Crippen molar-refractivity contribution < 1.29 is 19.4 Å². The molecule has 0 aliphatic rings. The minimum atomic E-state index is -0.899. The number of fused-ring (bicyclic) bond motifs is 1. The van der Waals surface area contributed by atoms with Gasteiger partial charge in [-0.05, 0) is 24.3 Å². The zero-order valence-corrected chi connectivity index (χ0v) is 15.4. The zero-order valence-electron chi connectivity index (χ0n) is 13.7. The summed E-state index contributed by atoms with van der Waals surface area (Å²) >= 11 is 2.45. The van der Waals surface area contributed by atoms with Crippen LogP contribution < -0.4 is 15.0 Å². The molecule has 0 atom stereocenters. The van der Waals surface area contributed by atoms with Crippen molar-refractivity contribution in [2.75, 3.05) is 12.9 Å². The smallest absolute Gasteiger partial charge is 0.313 e. The van der Waals surface area contributed by atoms with Crippen molar-refractivity contribution in [3.05, 3.63) is 51.4 Å². The Morgan fingerprint density at radius 3 is 2.73 bits per heavy atom. The number of nitrogens with zero attached hydrogens (tertiary/aromatic N) is 3. The molecule has 136 valence electrons. The number of thioether (sulfide) groups is 1. The number of methoxy groups -OCH3 is 1. The Bertz CT molecular complexity index is 968. The van der Waals surface area contributed by atoms with E-state index in [0.717, 1.165) is 5.75 Å². The van der Waals surface area contributed by atoms with Crippen LogP contribution in [0.25, 0.3) is 4.96 Å². The van der Waals surface area contributed by atoms with Crippen molar-refractivity contribution in [3.63, 3.8) is 0 Å². The summed E-state index contributed by atoms with van der Waals surface area (Å²) in [6.45, 7) is 0.211. The minimum Gasteiger partial charge on any atom is -0.497 e. The van der Waals surface area contributed by atoms with Gasteiger partial charge in [-0.3, -0.25) is 9.59 Å². The molecule has 2 aromatic heterocycles.